The molecule has 0 bridgehead atoms. The van der Waals surface area contributed by atoms with Gasteiger partial charge in [0.05, 0.1) is 11.4 Å². The summed E-state index contributed by atoms with van der Waals surface area (Å²) in [4.78, 5) is -0.634. The largest absolute Gasteiger partial charge is 0.507 e. The second-order valence-corrected chi connectivity index (χ2v) is 16.4. The number of phenols is 2. The number of benzene rings is 6. The van der Waals surface area contributed by atoms with Gasteiger partial charge in [-0.1, -0.05) is 105 Å². The van der Waals surface area contributed by atoms with Gasteiger partial charge in [-0.25, -0.2) is 25.6 Å². The van der Waals surface area contributed by atoms with Crippen LogP contribution < -0.4 is 10.5 Å². The van der Waals surface area contributed by atoms with E-state index in [1.165, 1.54) is 54.6 Å². The van der Waals surface area contributed by atoms with Crippen LogP contribution in [0.5, 0.6) is 11.5 Å². The van der Waals surface area contributed by atoms with Crippen molar-refractivity contribution in [3.05, 3.63) is 154 Å². The fraction of sp³-hybridized carbons (Fsp3) is 0. The van der Waals surface area contributed by atoms with Gasteiger partial charge in [0.25, 0.3) is 19.1 Å². The molecule has 6 rings (SSSR count). The number of nitrogens with two attached hydrogens (primary N) is 1. The molecule has 0 fully saturated rings. The zero-order chi connectivity index (χ0) is 37.3. The van der Waals surface area contributed by atoms with Gasteiger partial charge in [-0.2, -0.15) is 0 Å². The Kier molecular flexibility index (Phi) is 13.2. The molecular weight excluding hydrogens is 854 g/mol. The first-order chi connectivity index (χ1) is 24.0. The number of nitrogen functional groups attached to an aromatic ring is 1. The monoisotopic (exact) mass is 878 g/mol. The van der Waals surface area contributed by atoms with Gasteiger partial charge in [0.1, 0.15) is 32.9 Å². The van der Waals surface area contributed by atoms with Crippen LogP contribution in [0, 0.1) is 11.6 Å². The van der Waals surface area contributed by atoms with Gasteiger partial charge in [-0.3, -0.25) is 4.72 Å². The lowest BCUT2D eigenvalue weighted by Gasteiger charge is -2.12. The maximum atomic E-state index is 14.1. The summed E-state index contributed by atoms with van der Waals surface area (Å²) in [6.45, 7) is 0. The smallest absolute Gasteiger partial charge is 0.265 e. The topological polar surface area (TPSA) is 147 Å². The number of rotatable bonds is 6. The van der Waals surface area contributed by atoms with Crippen LogP contribution in [0.25, 0.3) is 22.3 Å². The predicted molar refractivity (Wildman–Crippen MR) is 204 cm³/mol. The number of anilines is 2. The Morgan fingerprint density at radius 1 is 0.569 bits per heavy atom. The molecular formula is C36H27Br2ClF2N2O6S2. The maximum Gasteiger partial charge on any atom is 0.265 e. The van der Waals surface area contributed by atoms with Crippen molar-refractivity contribution in [1.82, 2.24) is 0 Å². The van der Waals surface area contributed by atoms with Crippen molar-refractivity contribution in [2.75, 3.05) is 10.5 Å². The fourth-order valence-electron chi connectivity index (χ4n) is 4.35. The van der Waals surface area contributed by atoms with Crippen LogP contribution in [0.4, 0.5) is 20.2 Å². The first-order valence-corrected chi connectivity index (χ1v) is 19.8. The van der Waals surface area contributed by atoms with E-state index in [1.807, 2.05) is 60.7 Å². The Labute approximate surface area is 314 Å². The van der Waals surface area contributed by atoms with E-state index < -0.39 is 30.6 Å². The number of sulfonamides is 1. The molecule has 0 heterocycles. The minimum absolute atomic E-state index is 0.186. The molecule has 8 nitrogen and oxygen atoms in total. The lowest BCUT2D eigenvalue weighted by molar-refractivity contribution is 0.458. The van der Waals surface area contributed by atoms with Crippen LogP contribution in [-0.2, 0) is 19.1 Å². The van der Waals surface area contributed by atoms with Crippen molar-refractivity contribution in [1.29, 1.82) is 0 Å². The lowest BCUT2D eigenvalue weighted by Crippen LogP contribution is -2.14. The van der Waals surface area contributed by atoms with Gasteiger partial charge in [-0.05, 0) is 82.9 Å². The van der Waals surface area contributed by atoms with Crippen molar-refractivity contribution in [3.63, 3.8) is 0 Å². The summed E-state index contributed by atoms with van der Waals surface area (Å²) in [6, 6.07) is 35.9. The summed E-state index contributed by atoms with van der Waals surface area (Å²) in [6.07, 6.45) is 0. The van der Waals surface area contributed by atoms with Crippen LogP contribution in [-0.4, -0.2) is 27.0 Å². The summed E-state index contributed by atoms with van der Waals surface area (Å²) < 4.78 is 76.8. The Morgan fingerprint density at radius 3 is 1.49 bits per heavy atom. The van der Waals surface area contributed by atoms with E-state index >= 15 is 0 Å². The van der Waals surface area contributed by atoms with E-state index in [0.717, 1.165) is 16.7 Å². The third-order valence-corrected chi connectivity index (χ3v) is 10.5. The van der Waals surface area contributed by atoms with Crippen LogP contribution in [0.2, 0.25) is 0 Å². The standard InChI is InChI=1S/C18H13BrFNO3S.C12H10FN.C6H4BrClO3S/c19-14-7-9-17(22)18(11-14)25(23,24)21-16-10-13(6-8-15(16)20)12-4-2-1-3-5-12;13-11-7-6-10(8-12(11)14)9-4-2-1-3-5-9;7-4-1-2-5(9)6(3-4)12(8,10)11/h1-11,21-22H;1-8H,14H2;1-3,9H. The van der Waals surface area contributed by atoms with Gasteiger partial charge in [-0.15, -0.1) is 0 Å². The van der Waals surface area contributed by atoms with Crippen molar-refractivity contribution in [2.24, 2.45) is 0 Å². The third-order valence-electron chi connectivity index (χ3n) is 6.82. The van der Waals surface area contributed by atoms with Crippen LogP contribution in [0.3, 0.4) is 0 Å². The number of hydrogen-bond acceptors (Lipinski definition) is 7. The molecule has 6 aromatic carbocycles. The molecule has 0 radical (unpaired) electrons. The van der Waals surface area contributed by atoms with E-state index in [0.29, 0.717) is 14.5 Å². The molecule has 51 heavy (non-hydrogen) atoms. The first kappa shape index (κ1) is 39.3. The highest BCUT2D eigenvalue weighted by atomic mass is 79.9. The van der Waals surface area contributed by atoms with Crippen LogP contribution in [0.15, 0.2) is 152 Å². The molecule has 0 amide bonds. The van der Waals surface area contributed by atoms with Crippen LogP contribution in [0.1, 0.15) is 0 Å². The molecule has 0 aliphatic rings. The molecule has 0 aliphatic heterocycles. The minimum Gasteiger partial charge on any atom is -0.507 e. The van der Waals surface area contributed by atoms with E-state index in [9.17, 15) is 30.7 Å². The van der Waals surface area contributed by atoms with E-state index in [4.69, 9.17) is 21.5 Å². The molecule has 0 atom stereocenters. The number of hydrogen-bond donors (Lipinski definition) is 4. The van der Waals surface area contributed by atoms with Crippen LogP contribution >= 0.6 is 42.5 Å². The second kappa shape index (κ2) is 17.2. The predicted octanol–water partition coefficient (Wildman–Crippen LogP) is 9.92. The molecule has 0 saturated carbocycles. The Morgan fingerprint density at radius 2 is 1.02 bits per heavy atom. The molecule has 0 unspecified atom stereocenters. The number of halogens is 5. The molecule has 0 aromatic heterocycles. The number of nitrogens with one attached hydrogen (secondary N) is 1. The van der Waals surface area contributed by atoms with Gasteiger partial charge in [0.15, 0.2) is 0 Å². The summed E-state index contributed by atoms with van der Waals surface area (Å²) in [5.74, 6) is -1.86. The summed E-state index contributed by atoms with van der Waals surface area (Å²) in [5, 5.41) is 18.9. The molecule has 264 valence electrons. The zero-order valence-corrected chi connectivity index (χ0v) is 31.6. The quantitative estimate of drug-likeness (QED) is 0.0963. The molecule has 0 saturated heterocycles. The average Bonchev–Trinajstić information content (AvgIpc) is 3.10. The normalized spacial score (nSPS) is 11.0. The average molecular weight is 881 g/mol. The molecule has 0 spiro atoms. The Balaban J connectivity index is 0.000000189. The fourth-order valence-corrected chi connectivity index (χ4v) is 7.52. The van der Waals surface area contributed by atoms with Crippen molar-refractivity contribution < 1.29 is 35.8 Å². The summed E-state index contributed by atoms with van der Waals surface area (Å²) in [5.41, 5.74) is 8.94. The highest BCUT2D eigenvalue weighted by molar-refractivity contribution is 9.10. The van der Waals surface area contributed by atoms with Gasteiger partial charge in [0.2, 0.25) is 0 Å². The van der Waals surface area contributed by atoms with Crippen molar-refractivity contribution >= 4 is 73.0 Å². The molecule has 6 aromatic rings. The highest BCUT2D eigenvalue weighted by Crippen LogP contribution is 2.31. The second-order valence-electron chi connectivity index (χ2n) is 10.4. The zero-order valence-electron chi connectivity index (χ0n) is 26.0. The third kappa shape index (κ3) is 11.0. The molecule has 0 aliphatic carbocycles. The summed E-state index contributed by atoms with van der Waals surface area (Å²) >= 11 is 6.21. The molecule has 15 heteroatoms. The Bertz CT molecular complexity index is 2370. The van der Waals surface area contributed by atoms with E-state index in [-0.39, 0.29) is 32.7 Å². The Hall–Kier alpha value is -4.47. The minimum atomic E-state index is -4.16. The van der Waals surface area contributed by atoms with Crippen molar-refractivity contribution in [3.8, 4) is 33.8 Å². The number of phenolic OH excluding ortho intramolecular Hbond substituents is 2. The first-order valence-electron chi connectivity index (χ1n) is 14.4. The maximum absolute atomic E-state index is 14.1. The molecule has 5 N–H and O–H groups in total. The van der Waals surface area contributed by atoms with E-state index in [2.05, 4.69) is 36.6 Å². The van der Waals surface area contributed by atoms with Gasteiger partial charge < -0.3 is 15.9 Å². The van der Waals surface area contributed by atoms with Gasteiger partial charge in [0, 0.05) is 19.6 Å². The van der Waals surface area contributed by atoms with Gasteiger partial charge >= 0.3 is 0 Å². The van der Waals surface area contributed by atoms with E-state index in [1.54, 1.807) is 18.2 Å². The summed E-state index contributed by atoms with van der Waals surface area (Å²) in [7, 11) is -2.99. The SMILES string of the molecule is Nc1cc(-c2ccccc2)ccc1F.O=S(=O)(Cl)c1cc(Br)ccc1O.O=S(=O)(Nc1cc(-c2ccccc2)ccc1F)c1cc(Br)ccc1O. The highest BCUT2D eigenvalue weighted by Gasteiger charge is 2.21. The number of aromatic hydroxyl groups is 2. The van der Waals surface area contributed by atoms with Crippen molar-refractivity contribution in [2.45, 2.75) is 9.79 Å². The lowest BCUT2D eigenvalue weighted by atomic mass is 10.1.